The van der Waals surface area contributed by atoms with Crippen LogP contribution in [0.25, 0.3) is 0 Å². The lowest BCUT2D eigenvalue weighted by Crippen LogP contribution is -2.12. The van der Waals surface area contributed by atoms with Gasteiger partial charge in [-0.05, 0) is 48.4 Å². The fourth-order valence-electron chi connectivity index (χ4n) is 2.68. The molecule has 10 heteroatoms. The van der Waals surface area contributed by atoms with Crippen molar-refractivity contribution in [3.8, 4) is 5.75 Å². The fraction of sp³-hybridized carbons (Fsp3) is 0.211. The van der Waals surface area contributed by atoms with Gasteiger partial charge in [0.05, 0.1) is 12.9 Å². The van der Waals surface area contributed by atoms with E-state index in [1.807, 2.05) is 47.2 Å². The Morgan fingerprint density at radius 2 is 1.79 bits per heavy atom. The molecule has 3 aromatic rings. The van der Waals surface area contributed by atoms with Gasteiger partial charge in [0.15, 0.2) is 0 Å². The second-order valence-corrected chi connectivity index (χ2v) is 7.23. The molecule has 0 spiro atoms. The Morgan fingerprint density at radius 1 is 1.14 bits per heavy atom. The first kappa shape index (κ1) is 22.8. The van der Waals surface area contributed by atoms with E-state index in [0.29, 0.717) is 21.7 Å². The van der Waals surface area contributed by atoms with Crippen molar-refractivity contribution in [2.75, 3.05) is 6.61 Å². The Kier molecular flexibility index (Phi) is 9.05. The van der Waals surface area contributed by atoms with Gasteiger partial charge in [-0.3, -0.25) is 0 Å². The van der Waals surface area contributed by atoms with Gasteiger partial charge in [-0.2, -0.15) is 0 Å². The van der Waals surface area contributed by atoms with E-state index in [9.17, 15) is 0 Å². The van der Waals surface area contributed by atoms with Crippen LogP contribution in [-0.2, 0) is 6.54 Å². The van der Waals surface area contributed by atoms with E-state index in [0.717, 1.165) is 24.3 Å². The van der Waals surface area contributed by atoms with Gasteiger partial charge in [0.25, 0.3) is 5.09 Å². The number of nitrogens with zero attached hydrogens (tertiary/aromatic N) is 3. The molecule has 1 heterocycles. The van der Waals surface area contributed by atoms with Crippen LogP contribution in [-0.4, -0.2) is 26.5 Å². The highest BCUT2D eigenvalue weighted by atomic mass is 35.5. The SMILES string of the molecule is Clc1ccc(OCCC(Cn2ccnc2)c2ccc(Cl)cc2Cl)cc1.O=[N+]([O-])O. The summed E-state index contributed by atoms with van der Waals surface area (Å²) in [7, 11) is 0. The van der Waals surface area contributed by atoms with E-state index in [1.54, 1.807) is 18.6 Å². The summed E-state index contributed by atoms with van der Waals surface area (Å²) >= 11 is 18.3. The lowest BCUT2D eigenvalue weighted by Gasteiger charge is -2.20. The monoisotopic (exact) mass is 457 g/mol. The second kappa shape index (κ2) is 11.5. The molecule has 0 aliphatic heterocycles. The summed E-state index contributed by atoms with van der Waals surface area (Å²) in [6.45, 7) is 1.34. The van der Waals surface area contributed by atoms with Gasteiger partial charge in [-0.1, -0.05) is 40.9 Å². The van der Waals surface area contributed by atoms with Crippen LogP contribution in [0.5, 0.6) is 5.75 Å². The van der Waals surface area contributed by atoms with Crippen LogP contribution in [0, 0.1) is 10.1 Å². The highest BCUT2D eigenvalue weighted by molar-refractivity contribution is 6.35. The molecule has 29 heavy (non-hydrogen) atoms. The number of hydrogen-bond acceptors (Lipinski definition) is 4. The van der Waals surface area contributed by atoms with Crippen molar-refractivity contribution in [3.05, 3.63) is 91.9 Å². The third-order valence-electron chi connectivity index (χ3n) is 3.94. The van der Waals surface area contributed by atoms with Gasteiger partial charge < -0.3 is 14.5 Å². The predicted molar refractivity (Wildman–Crippen MR) is 112 cm³/mol. The summed E-state index contributed by atoms with van der Waals surface area (Å²) < 4.78 is 7.88. The average Bonchev–Trinajstić information content (AvgIpc) is 3.15. The van der Waals surface area contributed by atoms with E-state index < -0.39 is 5.09 Å². The smallest absolute Gasteiger partial charge is 0.291 e. The number of imidazole rings is 1. The lowest BCUT2D eigenvalue weighted by atomic mass is 9.95. The van der Waals surface area contributed by atoms with E-state index in [1.165, 1.54) is 0 Å². The zero-order chi connectivity index (χ0) is 21.2. The molecule has 0 fully saturated rings. The summed E-state index contributed by atoms with van der Waals surface area (Å²) in [6, 6.07) is 13.0. The number of aromatic nitrogens is 2. The molecular weight excluding hydrogens is 441 g/mol. The Bertz CT molecular complexity index is 902. The molecule has 1 atom stereocenters. The summed E-state index contributed by atoms with van der Waals surface area (Å²) in [5, 5.41) is 15.6. The minimum atomic E-state index is -1.50. The maximum Gasteiger partial charge on any atom is 0.291 e. The number of benzene rings is 2. The first-order chi connectivity index (χ1) is 13.8. The lowest BCUT2D eigenvalue weighted by molar-refractivity contribution is -0.742. The molecule has 7 nitrogen and oxygen atoms in total. The van der Waals surface area contributed by atoms with Crippen LogP contribution in [0.3, 0.4) is 0 Å². The van der Waals surface area contributed by atoms with Crippen LogP contribution in [0.1, 0.15) is 17.9 Å². The number of halogens is 3. The molecule has 0 bridgehead atoms. The molecule has 154 valence electrons. The molecule has 0 aliphatic rings. The van der Waals surface area contributed by atoms with Gasteiger partial charge in [-0.25, -0.2) is 4.98 Å². The van der Waals surface area contributed by atoms with Gasteiger partial charge in [0.1, 0.15) is 5.75 Å². The maximum absolute atomic E-state index is 8.36. The van der Waals surface area contributed by atoms with Gasteiger partial charge in [0.2, 0.25) is 0 Å². The Hall–Kier alpha value is -2.48. The van der Waals surface area contributed by atoms with Crippen molar-refractivity contribution >= 4 is 34.8 Å². The molecule has 2 aromatic carbocycles. The molecule has 0 saturated carbocycles. The quantitative estimate of drug-likeness (QED) is 0.360. The first-order valence-corrected chi connectivity index (χ1v) is 9.61. The van der Waals surface area contributed by atoms with E-state index in [4.69, 9.17) is 54.9 Å². The highest BCUT2D eigenvalue weighted by Gasteiger charge is 2.16. The van der Waals surface area contributed by atoms with Crippen molar-refractivity contribution < 1.29 is 15.0 Å². The Morgan fingerprint density at radius 3 is 2.38 bits per heavy atom. The van der Waals surface area contributed by atoms with Crippen molar-refractivity contribution in [3.63, 3.8) is 0 Å². The van der Waals surface area contributed by atoms with Crippen LogP contribution >= 0.6 is 34.8 Å². The zero-order valence-electron chi connectivity index (χ0n) is 15.1. The number of hydrogen-bond donors (Lipinski definition) is 1. The third kappa shape index (κ3) is 8.19. The third-order valence-corrected chi connectivity index (χ3v) is 4.76. The number of rotatable bonds is 7. The molecule has 0 aliphatic carbocycles. The molecular formula is C19H18Cl3N3O4. The maximum atomic E-state index is 8.36. The normalized spacial score (nSPS) is 11.3. The van der Waals surface area contributed by atoms with Crippen LogP contribution < -0.4 is 4.74 Å². The van der Waals surface area contributed by atoms with Gasteiger partial charge in [-0.15, -0.1) is 10.1 Å². The molecule has 0 saturated heterocycles. The molecule has 0 amide bonds. The first-order valence-electron chi connectivity index (χ1n) is 8.47. The zero-order valence-corrected chi connectivity index (χ0v) is 17.4. The number of ether oxygens (including phenoxy) is 1. The largest absolute Gasteiger partial charge is 0.494 e. The fourth-order valence-corrected chi connectivity index (χ4v) is 3.37. The van der Waals surface area contributed by atoms with E-state index >= 15 is 0 Å². The summed E-state index contributed by atoms with van der Waals surface area (Å²) in [5.74, 6) is 0.985. The van der Waals surface area contributed by atoms with E-state index in [-0.39, 0.29) is 5.92 Å². The van der Waals surface area contributed by atoms with Crippen molar-refractivity contribution in [2.45, 2.75) is 18.9 Å². The summed E-state index contributed by atoms with van der Waals surface area (Å²) in [5.41, 5.74) is 1.06. The Balaban J connectivity index is 0.000000687. The minimum Gasteiger partial charge on any atom is -0.494 e. The average molecular weight is 459 g/mol. The molecule has 3 rings (SSSR count). The van der Waals surface area contributed by atoms with Crippen molar-refractivity contribution in [1.82, 2.24) is 9.55 Å². The molecule has 1 N–H and O–H groups in total. The second-order valence-electron chi connectivity index (χ2n) is 5.95. The van der Waals surface area contributed by atoms with Crippen LogP contribution in [0.4, 0.5) is 0 Å². The predicted octanol–water partition coefficient (Wildman–Crippen LogP) is 5.75. The molecule has 1 unspecified atom stereocenters. The van der Waals surface area contributed by atoms with E-state index in [2.05, 4.69) is 4.98 Å². The Labute approximate surface area is 182 Å². The highest BCUT2D eigenvalue weighted by Crippen LogP contribution is 2.31. The van der Waals surface area contributed by atoms with Crippen molar-refractivity contribution in [2.24, 2.45) is 0 Å². The minimum absolute atomic E-state index is 0.186. The topological polar surface area (TPSA) is 90.4 Å². The van der Waals surface area contributed by atoms with Gasteiger partial charge in [0, 0.05) is 39.9 Å². The molecule has 0 radical (unpaired) electrons. The van der Waals surface area contributed by atoms with Crippen LogP contribution in [0.15, 0.2) is 61.2 Å². The summed E-state index contributed by atoms with van der Waals surface area (Å²) in [4.78, 5) is 12.5. The standard InChI is InChI=1S/C19H17Cl3N2O.HNO3/c20-15-1-4-17(5-2-15)25-10-7-14(12-24-9-8-23-13-24)18-6-3-16(21)11-19(18)22;2-1(3)4/h1-6,8-9,11,13-14H,7,10,12H2;(H,2,3,4). The summed E-state index contributed by atoms with van der Waals surface area (Å²) in [6.07, 6.45) is 6.32. The van der Waals surface area contributed by atoms with Crippen LogP contribution in [0.2, 0.25) is 15.1 Å². The molecule has 1 aromatic heterocycles. The van der Waals surface area contributed by atoms with Gasteiger partial charge >= 0.3 is 0 Å². The van der Waals surface area contributed by atoms with Crippen molar-refractivity contribution in [1.29, 1.82) is 0 Å².